The number of hydrogen-bond donors (Lipinski definition) is 1. The predicted octanol–water partition coefficient (Wildman–Crippen LogP) is 3.52. The summed E-state index contributed by atoms with van der Waals surface area (Å²) in [5.74, 6) is 0. The van der Waals surface area contributed by atoms with Crippen LogP contribution >= 0.6 is 0 Å². The molecule has 0 saturated heterocycles. The van der Waals surface area contributed by atoms with Crippen molar-refractivity contribution in [1.82, 2.24) is 0 Å². The minimum Gasteiger partial charge on any atom is -0.397 e. The highest BCUT2D eigenvalue weighted by Gasteiger charge is 2.07. The van der Waals surface area contributed by atoms with Crippen LogP contribution in [0.5, 0.6) is 0 Å². The lowest BCUT2D eigenvalue weighted by Crippen LogP contribution is -2.18. The molecule has 2 nitrogen and oxygen atoms in total. The van der Waals surface area contributed by atoms with Gasteiger partial charge in [-0.05, 0) is 42.7 Å². The first-order valence-electron chi connectivity index (χ1n) is 6.19. The maximum atomic E-state index is 6.07. The van der Waals surface area contributed by atoms with Crippen LogP contribution in [-0.4, -0.2) is 7.05 Å². The molecule has 0 unspecified atom stereocenters. The van der Waals surface area contributed by atoms with Crippen LogP contribution in [-0.2, 0) is 6.54 Å². The van der Waals surface area contributed by atoms with Gasteiger partial charge in [-0.1, -0.05) is 30.3 Å². The van der Waals surface area contributed by atoms with Gasteiger partial charge in [-0.15, -0.1) is 0 Å². The van der Waals surface area contributed by atoms with E-state index in [-0.39, 0.29) is 0 Å². The Labute approximate surface area is 109 Å². The van der Waals surface area contributed by atoms with Gasteiger partial charge in [-0.2, -0.15) is 0 Å². The van der Waals surface area contributed by atoms with Crippen molar-refractivity contribution in [3.8, 4) is 0 Å². The Balaban J connectivity index is 2.22. The summed E-state index contributed by atoms with van der Waals surface area (Å²) < 4.78 is 0. The Morgan fingerprint density at radius 3 is 2.44 bits per heavy atom. The number of nitrogen functional groups attached to an aromatic ring is 1. The molecular formula is C16H20N2. The molecule has 0 aliphatic heterocycles. The highest BCUT2D eigenvalue weighted by molar-refractivity contribution is 5.68. The maximum absolute atomic E-state index is 6.07. The molecule has 0 saturated carbocycles. The summed E-state index contributed by atoms with van der Waals surface area (Å²) in [6.07, 6.45) is 0. The molecule has 0 amide bonds. The molecule has 2 aromatic carbocycles. The second kappa shape index (κ2) is 5.13. The number of aryl methyl sites for hydroxylation is 2. The first-order chi connectivity index (χ1) is 8.58. The van der Waals surface area contributed by atoms with Crippen LogP contribution in [0, 0.1) is 13.8 Å². The summed E-state index contributed by atoms with van der Waals surface area (Å²) >= 11 is 0. The lowest BCUT2D eigenvalue weighted by molar-refractivity contribution is 0.915. The molecule has 0 fully saturated rings. The van der Waals surface area contributed by atoms with Crippen molar-refractivity contribution >= 4 is 11.4 Å². The van der Waals surface area contributed by atoms with Gasteiger partial charge in [0.15, 0.2) is 0 Å². The van der Waals surface area contributed by atoms with Crippen molar-refractivity contribution in [2.75, 3.05) is 17.7 Å². The highest BCUT2D eigenvalue weighted by atomic mass is 15.1. The van der Waals surface area contributed by atoms with Crippen molar-refractivity contribution in [2.24, 2.45) is 0 Å². The quantitative estimate of drug-likeness (QED) is 0.832. The molecule has 0 atom stereocenters. The number of anilines is 2. The van der Waals surface area contributed by atoms with Gasteiger partial charge < -0.3 is 10.6 Å². The van der Waals surface area contributed by atoms with E-state index in [2.05, 4.69) is 62.2 Å². The summed E-state index contributed by atoms with van der Waals surface area (Å²) in [6.45, 7) is 5.07. The summed E-state index contributed by atoms with van der Waals surface area (Å²) in [7, 11) is 2.08. The standard InChI is InChI=1S/C16H20N2/c1-12-8-9-16(15(17)10-12)18(3)11-14-7-5-4-6-13(14)2/h4-10H,11,17H2,1-3H3. The zero-order chi connectivity index (χ0) is 13.1. The van der Waals surface area contributed by atoms with Gasteiger partial charge in [-0.3, -0.25) is 0 Å². The van der Waals surface area contributed by atoms with Gasteiger partial charge in [0, 0.05) is 13.6 Å². The average molecular weight is 240 g/mol. The first-order valence-corrected chi connectivity index (χ1v) is 6.19. The van der Waals surface area contributed by atoms with Crippen molar-refractivity contribution in [3.05, 3.63) is 59.2 Å². The Hall–Kier alpha value is -1.96. The van der Waals surface area contributed by atoms with E-state index in [1.54, 1.807) is 0 Å². The first kappa shape index (κ1) is 12.5. The van der Waals surface area contributed by atoms with E-state index in [1.807, 2.05) is 6.07 Å². The molecule has 0 radical (unpaired) electrons. The second-order valence-corrected chi connectivity index (χ2v) is 4.84. The molecule has 94 valence electrons. The molecule has 2 rings (SSSR count). The zero-order valence-corrected chi connectivity index (χ0v) is 11.3. The van der Waals surface area contributed by atoms with Crippen LogP contribution in [0.1, 0.15) is 16.7 Å². The fourth-order valence-corrected chi connectivity index (χ4v) is 2.15. The van der Waals surface area contributed by atoms with Crippen molar-refractivity contribution in [3.63, 3.8) is 0 Å². The predicted molar refractivity (Wildman–Crippen MR) is 78.9 cm³/mol. The molecule has 2 aromatic rings. The van der Waals surface area contributed by atoms with Crippen molar-refractivity contribution in [2.45, 2.75) is 20.4 Å². The lowest BCUT2D eigenvalue weighted by atomic mass is 10.1. The summed E-state index contributed by atoms with van der Waals surface area (Å²) in [4.78, 5) is 2.19. The SMILES string of the molecule is Cc1ccc(N(C)Cc2ccccc2C)c(N)c1. The Kier molecular flexibility index (Phi) is 3.56. The molecule has 0 aliphatic carbocycles. The van der Waals surface area contributed by atoms with Gasteiger partial charge in [0.05, 0.1) is 11.4 Å². The fraction of sp³-hybridized carbons (Fsp3) is 0.250. The van der Waals surface area contributed by atoms with Crippen LogP contribution in [0.2, 0.25) is 0 Å². The third kappa shape index (κ3) is 2.65. The van der Waals surface area contributed by atoms with Gasteiger partial charge in [0.2, 0.25) is 0 Å². The minimum absolute atomic E-state index is 0.839. The normalized spacial score (nSPS) is 10.4. The second-order valence-electron chi connectivity index (χ2n) is 4.84. The minimum atomic E-state index is 0.839. The van der Waals surface area contributed by atoms with E-state index in [0.29, 0.717) is 0 Å². The summed E-state index contributed by atoms with van der Waals surface area (Å²) in [5, 5.41) is 0. The third-order valence-electron chi connectivity index (χ3n) is 3.26. The van der Waals surface area contributed by atoms with E-state index in [4.69, 9.17) is 5.73 Å². The van der Waals surface area contributed by atoms with Crippen molar-refractivity contribution in [1.29, 1.82) is 0 Å². The van der Waals surface area contributed by atoms with E-state index in [9.17, 15) is 0 Å². The van der Waals surface area contributed by atoms with E-state index < -0.39 is 0 Å². The molecule has 0 spiro atoms. The van der Waals surface area contributed by atoms with Gasteiger partial charge in [0.1, 0.15) is 0 Å². The van der Waals surface area contributed by atoms with Crippen LogP contribution in [0.25, 0.3) is 0 Å². The Morgan fingerprint density at radius 1 is 1.06 bits per heavy atom. The molecule has 18 heavy (non-hydrogen) atoms. The molecular weight excluding hydrogens is 220 g/mol. The van der Waals surface area contributed by atoms with Crippen LogP contribution < -0.4 is 10.6 Å². The molecule has 0 heterocycles. The fourth-order valence-electron chi connectivity index (χ4n) is 2.15. The third-order valence-corrected chi connectivity index (χ3v) is 3.26. The van der Waals surface area contributed by atoms with E-state index in [0.717, 1.165) is 17.9 Å². The Morgan fingerprint density at radius 2 is 1.78 bits per heavy atom. The van der Waals surface area contributed by atoms with Crippen LogP contribution in [0.4, 0.5) is 11.4 Å². The molecule has 0 bridgehead atoms. The largest absolute Gasteiger partial charge is 0.397 e. The number of nitrogens with two attached hydrogens (primary N) is 1. The van der Waals surface area contributed by atoms with Gasteiger partial charge in [0.25, 0.3) is 0 Å². The van der Waals surface area contributed by atoms with Gasteiger partial charge in [-0.25, -0.2) is 0 Å². The maximum Gasteiger partial charge on any atom is 0.0600 e. The molecule has 2 N–H and O–H groups in total. The monoisotopic (exact) mass is 240 g/mol. The number of rotatable bonds is 3. The van der Waals surface area contributed by atoms with E-state index >= 15 is 0 Å². The smallest absolute Gasteiger partial charge is 0.0600 e. The summed E-state index contributed by atoms with van der Waals surface area (Å²) in [6, 6.07) is 14.7. The molecule has 2 heteroatoms. The lowest BCUT2D eigenvalue weighted by Gasteiger charge is -2.22. The number of benzene rings is 2. The van der Waals surface area contributed by atoms with Crippen molar-refractivity contribution < 1.29 is 0 Å². The highest BCUT2D eigenvalue weighted by Crippen LogP contribution is 2.25. The van der Waals surface area contributed by atoms with Crippen LogP contribution in [0.15, 0.2) is 42.5 Å². The molecule has 0 aromatic heterocycles. The number of hydrogen-bond acceptors (Lipinski definition) is 2. The topological polar surface area (TPSA) is 29.3 Å². The van der Waals surface area contributed by atoms with Crippen LogP contribution in [0.3, 0.4) is 0 Å². The Bertz CT molecular complexity index is 547. The molecule has 0 aliphatic rings. The average Bonchev–Trinajstić information content (AvgIpc) is 2.32. The van der Waals surface area contributed by atoms with E-state index in [1.165, 1.54) is 16.7 Å². The van der Waals surface area contributed by atoms with Gasteiger partial charge >= 0.3 is 0 Å². The zero-order valence-electron chi connectivity index (χ0n) is 11.3. The summed E-state index contributed by atoms with van der Waals surface area (Å²) in [5.41, 5.74) is 11.8. The number of nitrogens with zero attached hydrogens (tertiary/aromatic N) is 1.